The lowest BCUT2D eigenvalue weighted by Crippen LogP contribution is -2.64. The zero-order valence-electron chi connectivity index (χ0n) is 12.7. The molecule has 0 amide bonds. The molecule has 0 radical (unpaired) electrons. The molecular weight excluding hydrogens is 250 g/mol. The highest BCUT2D eigenvalue weighted by molar-refractivity contribution is 5.52. The molecule has 0 saturated heterocycles. The molecule has 3 nitrogen and oxygen atoms in total. The summed E-state index contributed by atoms with van der Waals surface area (Å²) in [6.45, 7) is 5.02. The Morgan fingerprint density at radius 1 is 1.35 bits per heavy atom. The molecule has 2 fully saturated rings. The molecule has 3 heteroatoms. The first-order valence-electron chi connectivity index (χ1n) is 7.72. The standard InChI is InChI=1S/C17H25NO2/c1-4-20-16-11-15(17(16)8-5-9-17)18-13-6-7-14(19-3)12(2)10-13/h6-7,10,15-16,18H,4-5,8-9,11H2,1-3H3. The van der Waals surface area contributed by atoms with Crippen molar-refractivity contribution in [2.45, 2.75) is 51.7 Å². The van der Waals surface area contributed by atoms with Gasteiger partial charge >= 0.3 is 0 Å². The van der Waals surface area contributed by atoms with E-state index in [2.05, 4.69) is 31.3 Å². The number of benzene rings is 1. The first kappa shape index (κ1) is 13.7. The van der Waals surface area contributed by atoms with Crippen LogP contribution in [0.3, 0.4) is 0 Å². The predicted molar refractivity (Wildman–Crippen MR) is 81.5 cm³/mol. The van der Waals surface area contributed by atoms with Crippen LogP contribution in [0.2, 0.25) is 0 Å². The van der Waals surface area contributed by atoms with Crippen LogP contribution in [-0.4, -0.2) is 25.9 Å². The highest BCUT2D eigenvalue weighted by Crippen LogP contribution is 2.58. The van der Waals surface area contributed by atoms with Gasteiger partial charge in [-0.25, -0.2) is 0 Å². The third kappa shape index (κ3) is 2.08. The third-order valence-corrected chi connectivity index (χ3v) is 5.17. The SMILES string of the molecule is CCOC1CC(Nc2ccc(OC)c(C)c2)C12CCC2. The van der Waals surface area contributed by atoms with Crippen LogP contribution < -0.4 is 10.1 Å². The molecule has 3 rings (SSSR count). The number of anilines is 1. The summed E-state index contributed by atoms with van der Waals surface area (Å²) in [6.07, 6.45) is 5.58. The average Bonchev–Trinajstić information content (AvgIpc) is 2.35. The van der Waals surface area contributed by atoms with Crippen LogP contribution in [-0.2, 0) is 4.74 Å². The molecule has 1 aromatic carbocycles. The quantitative estimate of drug-likeness (QED) is 0.887. The molecule has 2 aliphatic rings. The van der Waals surface area contributed by atoms with Crippen molar-refractivity contribution in [1.82, 2.24) is 0 Å². The highest BCUT2D eigenvalue weighted by Gasteiger charge is 2.58. The lowest BCUT2D eigenvalue weighted by atomic mass is 9.51. The van der Waals surface area contributed by atoms with E-state index < -0.39 is 0 Å². The van der Waals surface area contributed by atoms with Gasteiger partial charge in [-0.1, -0.05) is 6.42 Å². The van der Waals surface area contributed by atoms with Crippen LogP contribution in [0.1, 0.15) is 38.2 Å². The highest BCUT2D eigenvalue weighted by atomic mass is 16.5. The molecule has 1 spiro atoms. The summed E-state index contributed by atoms with van der Waals surface area (Å²) in [6, 6.07) is 6.91. The average molecular weight is 275 g/mol. The van der Waals surface area contributed by atoms with Gasteiger partial charge in [0.2, 0.25) is 0 Å². The molecular formula is C17H25NO2. The maximum atomic E-state index is 5.90. The van der Waals surface area contributed by atoms with Gasteiger partial charge < -0.3 is 14.8 Å². The van der Waals surface area contributed by atoms with Gasteiger partial charge in [-0.2, -0.15) is 0 Å². The van der Waals surface area contributed by atoms with Crippen molar-refractivity contribution in [2.75, 3.05) is 19.0 Å². The van der Waals surface area contributed by atoms with Crippen LogP contribution in [0, 0.1) is 12.3 Å². The van der Waals surface area contributed by atoms with Crippen molar-refractivity contribution < 1.29 is 9.47 Å². The zero-order chi connectivity index (χ0) is 14.2. The Labute approximate surface area is 121 Å². The number of hydrogen-bond acceptors (Lipinski definition) is 3. The Balaban J connectivity index is 1.68. The van der Waals surface area contributed by atoms with Gasteiger partial charge in [0.05, 0.1) is 13.2 Å². The Morgan fingerprint density at radius 3 is 2.70 bits per heavy atom. The van der Waals surface area contributed by atoms with Crippen LogP contribution in [0.5, 0.6) is 5.75 Å². The topological polar surface area (TPSA) is 30.5 Å². The van der Waals surface area contributed by atoms with Crippen molar-refractivity contribution in [3.8, 4) is 5.75 Å². The minimum absolute atomic E-state index is 0.407. The summed E-state index contributed by atoms with van der Waals surface area (Å²) in [7, 11) is 1.72. The van der Waals surface area contributed by atoms with Gasteiger partial charge in [-0.15, -0.1) is 0 Å². The number of nitrogens with one attached hydrogen (secondary N) is 1. The van der Waals surface area contributed by atoms with Gasteiger partial charge in [0, 0.05) is 23.8 Å². The number of aryl methyl sites for hydroxylation is 1. The van der Waals surface area contributed by atoms with Crippen molar-refractivity contribution >= 4 is 5.69 Å². The molecule has 0 aromatic heterocycles. The number of hydrogen-bond donors (Lipinski definition) is 1. The van der Waals surface area contributed by atoms with Gasteiger partial charge in [0.1, 0.15) is 5.75 Å². The van der Waals surface area contributed by atoms with Crippen LogP contribution in [0.4, 0.5) is 5.69 Å². The largest absolute Gasteiger partial charge is 0.496 e. The van der Waals surface area contributed by atoms with Crippen molar-refractivity contribution in [2.24, 2.45) is 5.41 Å². The Bertz CT molecular complexity index is 482. The maximum absolute atomic E-state index is 5.90. The molecule has 1 N–H and O–H groups in total. The van der Waals surface area contributed by atoms with E-state index in [0.29, 0.717) is 17.6 Å². The van der Waals surface area contributed by atoms with Crippen LogP contribution in [0.25, 0.3) is 0 Å². The second kappa shape index (κ2) is 5.28. The van der Waals surface area contributed by atoms with Crippen molar-refractivity contribution in [3.63, 3.8) is 0 Å². The van der Waals surface area contributed by atoms with E-state index in [4.69, 9.17) is 9.47 Å². The van der Waals surface area contributed by atoms with E-state index in [-0.39, 0.29) is 0 Å². The predicted octanol–water partition coefficient (Wildman–Crippen LogP) is 3.76. The molecule has 0 aliphatic heterocycles. The minimum atomic E-state index is 0.407. The fraction of sp³-hybridized carbons (Fsp3) is 0.647. The Hall–Kier alpha value is -1.22. The zero-order valence-corrected chi connectivity index (χ0v) is 12.7. The summed E-state index contributed by atoms with van der Waals surface area (Å²) in [5.41, 5.74) is 2.79. The molecule has 1 aromatic rings. The Morgan fingerprint density at radius 2 is 2.15 bits per heavy atom. The molecule has 0 bridgehead atoms. The van der Waals surface area contributed by atoms with E-state index in [1.165, 1.54) is 30.5 Å². The van der Waals surface area contributed by atoms with Crippen molar-refractivity contribution in [3.05, 3.63) is 23.8 Å². The summed E-state index contributed by atoms with van der Waals surface area (Å²) in [4.78, 5) is 0. The lowest BCUT2D eigenvalue weighted by molar-refractivity contribution is -0.157. The minimum Gasteiger partial charge on any atom is -0.496 e. The van der Waals surface area contributed by atoms with E-state index in [0.717, 1.165) is 18.8 Å². The summed E-state index contributed by atoms with van der Waals surface area (Å²) in [5, 5.41) is 3.72. The van der Waals surface area contributed by atoms with Crippen LogP contribution in [0.15, 0.2) is 18.2 Å². The summed E-state index contributed by atoms with van der Waals surface area (Å²) in [5.74, 6) is 0.953. The summed E-state index contributed by atoms with van der Waals surface area (Å²) < 4.78 is 11.2. The number of ether oxygens (including phenoxy) is 2. The first-order chi connectivity index (χ1) is 9.69. The monoisotopic (exact) mass is 275 g/mol. The maximum Gasteiger partial charge on any atom is 0.121 e. The van der Waals surface area contributed by atoms with Gasteiger partial charge in [-0.05, 0) is 56.9 Å². The summed E-state index contributed by atoms with van der Waals surface area (Å²) >= 11 is 0. The third-order valence-electron chi connectivity index (χ3n) is 5.17. The van der Waals surface area contributed by atoms with E-state index >= 15 is 0 Å². The second-order valence-electron chi connectivity index (χ2n) is 6.15. The number of rotatable bonds is 5. The fourth-order valence-electron chi connectivity index (χ4n) is 3.81. The Kier molecular flexibility index (Phi) is 3.63. The molecule has 20 heavy (non-hydrogen) atoms. The van der Waals surface area contributed by atoms with E-state index in [9.17, 15) is 0 Å². The van der Waals surface area contributed by atoms with Crippen LogP contribution >= 0.6 is 0 Å². The van der Waals surface area contributed by atoms with E-state index in [1.807, 2.05) is 6.07 Å². The molecule has 2 aliphatic carbocycles. The second-order valence-corrected chi connectivity index (χ2v) is 6.15. The molecule has 110 valence electrons. The van der Waals surface area contributed by atoms with Gasteiger partial charge in [0.25, 0.3) is 0 Å². The number of methoxy groups -OCH3 is 1. The molecule has 0 heterocycles. The van der Waals surface area contributed by atoms with Crippen molar-refractivity contribution in [1.29, 1.82) is 0 Å². The first-order valence-corrected chi connectivity index (χ1v) is 7.72. The molecule has 2 atom stereocenters. The smallest absolute Gasteiger partial charge is 0.121 e. The van der Waals surface area contributed by atoms with Gasteiger partial charge in [0.15, 0.2) is 0 Å². The van der Waals surface area contributed by atoms with Gasteiger partial charge in [-0.3, -0.25) is 0 Å². The normalized spacial score (nSPS) is 26.8. The molecule has 2 saturated carbocycles. The lowest BCUT2D eigenvalue weighted by Gasteiger charge is -2.61. The van der Waals surface area contributed by atoms with E-state index in [1.54, 1.807) is 7.11 Å². The fourth-order valence-corrected chi connectivity index (χ4v) is 3.81. The molecule has 2 unspecified atom stereocenters.